The van der Waals surface area contributed by atoms with Crippen LogP contribution < -0.4 is 5.73 Å². The largest absolute Gasteiger partial charge is 0.435 e. The number of aliphatic hydroxyl groups is 1. The van der Waals surface area contributed by atoms with Crippen LogP contribution in [0.3, 0.4) is 0 Å². The lowest BCUT2D eigenvalue weighted by atomic mass is 9.70. The van der Waals surface area contributed by atoms with Gasteiger partial charge in [0, 0.05) is 18.0 Å². The molecule has 1 aliphatic carbocycles. The molecular weight excluding hydrogens is 244 g/mol. The predicted molar refractivity (Wildman–Crippen MR) is 70.3 cm³/mol. The first-order chi connectivity index (χ1) is 8.98. The Morgan fingerprint density at radius 3 is 2.47 bits per heavy atom. The first-order valence-corrected chi connectivity index (χ1v) is 6.59. The first kappa shape index (κ1) is 13.8. The smallest absolute Gasteiger partial charge is 0.405 e. The van der Waals surface area contributed by atoms with E-state index >= 15 is 0 Å². The van der Waals surface area contributed by atoms with Gasteiger partial charge in [-0.1, -0.05) is 19.3 Å². The Morgan fingerprint density at radius 1 is 1.37 bits per heavy atom. The second-order valence-electron chi connectivity index (χ2n) is 5.28. The van der Waals surface area contributed by atoms with Gasteiger partial charge in [0.15, 0.2) is 5.60 Å². The van der Waals surface area contributed by atoms with Gasteiger partial charge in [-0.15, -0.1) is 0 Å². The van der Waals surface area contributed by atoms with Crippen LogP contribution in [-0.2, 0) is 10.3 Å². The lowest BCUT2D eigenvalue weighted by Gasteiger charge is -2.46. The van der Waals surface area contributed by atoms with Crippen LogP contribution in [0.5, 0.6) is 0 Å². The van der Waals surface area contributed by atoms with E-state index in [-0.39, 0.29) is 0 Å². The Balaban J connectivity index is 2.42. The standard InChI is InChI=1S/C14H20N2O3/c1-13(19-12(15)17,11-5-9-16-10-6-11)14(18)7-3-2-4-8-14/h5-6,9-10,18H,2-4,7-8H2,1H3,(H2,15,17). The molecule has 1 amide bonds. The van der Waals surface area contributed by atoms with E-state index in [9.17, 15) is 9.90 Å². The molecule has 3 N–H and O–H groups in total. The maximum atomic E-state index is 11.2. The molecule has 19 heavy (non-hydrogen) atoms. The van der Waals surface area contributed by atoms with Crippen LogP contribution in [0.1, 0.15) is 44.6 Å². The van der Waals surface area contributed by atoms with Crippen molar-refractivity contribution >= 4 is 6.09 Å². The van der Waals surface area contributed by atoms with Gasteiger partial charge in [-0.3, -0.25) is 4.98 Å². The summed E-state index contributed by atoms with van der Waals surface area (Å²) < 4.78 is 5.33. The minimum Gasteiger partial charge on any atom is -0.435 e. The molecule has 0 aromatic carbocycles. The number of carbonyl (C=O) groups is 1. The normalized spacial score (nSPS) is 21.4. The summed E-state index contributed by atoms with van der Waals surface area (Å²) in [5.74, 6) is 0. The molecule has 1 atom stereocenters. The zero-order valence-electron chi connectivity index (χ0n) is 11.1. The zero-order valence-corrected chi connectivity index (χ0v) is 11.1. The van der Waals surface area contributed by atoms with Crippen LogP contribution in [0.15, 0.2) is 24.5 Å². The van der Waals surface area contributed by atoms with Crippen molar-refractivity contribution in [3.8, 4) is 0 Å². The van der Waals surface area contributed by atoms with E-state index < -0.39 is 17.3 Å². The highest BCUT2D eigenvalue weighted by molar-refractivity contribution is 5.65. The summed E-state index contributed by atoms with van der Waals surface area (Å²) in [5, 5.41) is 10.9. The summed E-state index contributed by atoms with van der Waals surface area (Å²) in [6.07, 6.45) is 6.47. The molecule has 5 nitrogen and oxygen atoms in total. The Kier molecular flexibility index (Phi) is 3.75. The van der Waals surface area contributed by atoms with Gasteiger partial charge in [0.2, 0.25) is 0 Å². The van der Waals surface area contributed by atoms with E-state index in [1.54, 1.807) is 31.5 Å². The van der Waals surface area contributed by atoms with Gasteiger partial charge < -0.3 is 15.6 Å². The van der Waals surface area contributed by atoms with E-state index in [1.807, 2.05) is 0 Å². The van der Waals surface area contributed by atoms with Gasteiger partial charge in [-0.05, 0) is 31.9 Å². The first-order valence-electron chi connectivity index (χ1n) is 6.59. The second-order valence-corrected chi connectivity index (χ2v) is 5.28. The summed E-state index contributed by atoms with van der Waals surface area (Å²) >= 11 is 0. The number of primary amides is 1. The molecule has 104 valence electrons. The molecule has 1 aliphatic rings. The van der Waals surface area contributed by atoms with Gasteiger partial charge in [-0.2, -0.15) is 0 Å². The van der Waals surface area contributed by atoms with Crippen LogP contribution in [0.2, 0.25) is 0 Å². The summed E-state index contributed by atoms with van der Waals surface area (Å²) in [7, 11) is 0. The maximum absolute atomic E-state index is 11.2. The second kappa shape index (κ2) is 5.17. The van der Waals surface area contributed by atoms with Crippen molar-refractivity contribution in [1.82, 2.24) is 4.98 Å². The molecule has 2 rings (SSSR count). The molecule has 0 radical (unpaired) electrons. The highest BCUT2D eigenvalue weighted by Gasteiger charge is 2.51. The average Bonchev–Trinajstić information content (AvgIpc) is 2.39. The van der Waals surface area contributed by atoms with Crippen molar-refractivity contribution in [2.45, 2.75) is 50.2 Å². The fourth-order valence-electron chi connectivity index (χ4n) is 2.91. The van der Waals surface area contributed by atoms with Gasteiger partial charge >= 0.3 is 6.09 Å². The Labute approximate surface area is 112 Å². The third-order valence-corrected chi connectivity index (χ3v) is 4.10. The number of ether oxygens (including phenoxy) is 1. The summed E-state index contributed by atoms with van der Waals surface area (Å²) in [6, 6.07) is 3.49. The number of pyridine rings is 1. The zero-order chi connectivity index (χ0) is 13.9. The fraction of sp³-hybridized carbons (Fsp3) is 0.571. The van der Waals surface area contributed by atoms with Gasteiger partial charge in [0.25, 0.3) is 0 Å². The molecule has 1 unspecified atom stereocenters. The number of nitrogens with two attached hydrogens (primary N) is 1. The predicted octanol–water partition coefficient (Wildman–Crippen LogP) is 2.09. The van der Waals surface area contributed by atoms with Gasteiger partial charge in [-0.25, -0.2) is 4.79 Å². The van der Waals surface area contributed by atoms with Crippen LogP contribution in [0.25, 0.3) is 0 Å². The Morgan fingerprint density at radius 2 is 1.95 bits per heavy atom. The summed E-state index contributed by atoms with van der Waals surface area (Å²) in [5.41, 5.74) is 3.69. The highest BCUT2D eigenvalue weighted by Crippen LogP contribution is 2.45. The monoisotopic (exact) mass is 264 g/mol. The Hall–Kier alpha value is -1.62. The van der Waals surface area contributed by atoms with Gasteiger partial charge in [0.05, 0.1) is 0 Å². The minimum absolute atomic E-state index is 0.596. The van der Waals surface area contributed by atoms with Gasteiger partial charge in [0.1, 0.15) is 5.60 Å². The van der Waals surface area contributed by atoms with E-state index in [2.05, 4.69) is 4.98 Å². The molecule has 5 heteroatoms. The van der Waals surface area contributed by atoms with E-state index in [1.165, 1.54) is 0 Å². The lowest BCUT2D eigenvalue weighted by Crippen LogP contribution is -2.54. The van der Waals surface area contributed by atoms with E-state index in [0.29, 0.717) is 18.4 Å². The molecule has 0 spiro atoms. The summed E-state index contributed by atoms with van der Waals surface area (Å²) in [4.78, 5) is 15.2. The highest BCUT2D eigenvalue weighted by atomic mass is 16.6. The molecule has 1 fully saturated rings. The van der Waals surface area contributed by atoms with Crippen molar-refractivity contribution in [1.29, 1.82) is 0 Å². The molecule has 0 saturated heterocycles. The van der Waals surface area contributed by atoms with Crippen molar-refractivity contribution in [3.05, 3.63) is 30.1 Å². The molecule has 0 aliphatic heterocycles. The Bertz CT molecular complexity index is 443. The molecule has 0 bridgehead atoms. The number of hydrogen-bond acceptors (Lipinski definition) is 4. The number of hydrogen-bond donors (Lipinski definition) is 2. The van der Waals surface area contributed by atoms with Crippen molar-refractivity contribution in [2.24, 2.45) is 5.73 Å². The average molecular weight is 264 g/mol. The van der Waals surface area contributed by atoms with Crippen molar-refractivity contribution in [3.63, 3.8) is 0 Å². The SMILES string of the molecule is CC(OC(N)=O)(c1ccncc1)C1(O)CCCCC1. The van der Waals surface area contributed by atoms with Crippen LogP contribution in [-0.4, -0.2) is 21.8 Å². The van der Waals surface area contributed by atoms with Crippen molar-refractivity contribution < 1.29 is 14.6 Å². The minimum atomic E-state index is -1.14. The van der Waals surface area contributed by atoms with Crippen LogP contribution in [0, 0.1) is 0 Å². The number of carbonyl (C=O) groups excluding carboxylic acids is 1. The van der Waals surface area contributed by atoms with Crippen LogP contribution >= 0.6 is 0 Å². The summed E-state index contributed by atoms with van der Waals surface area (Å²) in [6.45, 7) is 1.72. The van der Waals surface area contributed by atoms with Crippen molar-refractivity contribution in [2.75, 3.05) is 0 Å². The number of amides is 1. The molecule has 1 heterocycles. The quantitative estimate of drug-likeness (QED) is 0.875. The van der Waals surface area contributed by atoms with Crippen LogP contribution in [0.4, 0.5) is 4.79 Å². The number of rotatable bonds is 3. The van der Waals surface area contributed by atoms with E-state index in [4.69, 9.17) is 10.5 Å². The molecular formula is C14H20N2O3. The number of nitrogens with zero attached hydrogens (tertiary/aromatic N) is 1. The molecule has 1 saturated carbocycles. The molecule has 1 aromatic rings. The third kappa shape index (κ3) is 2.56. The topological polar surface area (TPSA) is 85.4 Å². The third-order valence-electron chi connectivity index (χ3n) is 4.10. The lowest BCUT2D eigenvalue weighted by molar-refractivity contribution is -0.164. The maximum Gasteiger partial charge on any atom is 0.405 e. The molecule has 1 aromatic heterocycles. The fourth-order valence-corrected chi connectivity index (χ4v) is 2.91. The number of aromatic nitrogens is 1. The van der Waals surface area contributed by atoms with E-state index in [0.717, 1.165) is 19.3 Å².